The molecule has 2 nitrogen and oxygen atoms in total. The van der Waals surface area contributed by atoms with Crippen molar-refractivity contribution in [3.63, 3.8) is 0 Å². The van der Waals surface area contributed by atoms with Gasteiger partial charge in [0.15, 0.2) is 0 Å². The van der Waals surface area contributed by atoms with Crippen LogP contribution in [0, 0.1) is 23.3 Å². The van der Waals surface area contributed by atoms with Crippen LogP contribution >= 0.6 is 0 Å². The maximum atomic E-state index is 12.0. The second-order valence-corrected chi connectivity index (χ2v) is 3.26. The Kier molecular flexibility index (Phi) is 4.53. The molecule has 2 N–H and O–H groups in total. The van der Waals surface area contributed by atoms with Crippen molar-refractivity contribution in [2.24, 2.45) is 0 Å². The lowest BCUT2D eigenvalue weighted by Crippen LogP contribution is -1.76. The Morgan fingerprint density at radius 3 is 0.889 bits per heavy atom. The minimum Gasteiger partial charge on any atom is -0.508 e. The summed E-state index contributed by atoms with van der Waals surface area (Å²) in [6.45, 7) is 0. The second-order valence-electron chi connectivity index (χ2n) is 3.26. The highest BCUT2D eigenvalue weighted by Crippen LogP contribution is 2.13. The molecule has 6 heteroatoms. The highest BCUT2D eigenvalue weighted by atomic mass is 19.1. The molecule has 0 atom stereocenters. The van der Waals surface area contributed by atoms with Crippen LogP contribution in [0.4, 0.5) is 17.6 Å². The first kappa shape index (κ1) is 13.8. The van der Waals surface area contributed by atoms with Crippen LogP contribution in [-0.4, -0.2) is 10.2 Å². The summed E-state index contributed by atoms with van der Waals surface area (Å²) in [4.78, 5) is 0. The first-order valence-corrected chi connectivity index (χ1v) is 4.67. The van der Waals surface area contributed by atoms with Crippen LogP contribution in [0.5, 0.6) is 11.5 Å². The topological polar surface area (TPSA) is 40.5 Å². The molecule has 0 saturated heterocycles. The normalized spacial score (nSPS) is 9.56. The molecule has 0 fully saturated rings. The van der Waals surface area contributed by atoms with Crippen LogP contribution in [-0.2, 0) is 0 Å². The zero-order chi connectivity index (χ0) is 13.7. The van der Waals surface area contributed by atoms with Gasteiger partial charge in [0.2, 0.25) is 0 Å². The molecule has 0 saturated carbocycles. The molecule has 96 valence electrons. The van der Waals surface area contributed by atoms with Crippen LogP contribution in [0.25, 0.3) is 0 Å². The fourth-order valence-electron chi connectivity index (χ4n) is 1.08. The number of benzene rings is 2. The molecule has 0 heterocycles. The van der Waals surface area contributed by atoms with Crippen molar-refractivity contribution < 1.29 is 27.8 Å². The standard InChI is InChI=1S/2C6H4F2O/c2*7-4-1-5(8)3-6(9)2-4/h2*1-3,9H. The Balaban J connectivity index is 0.000000180. The van der Waals surface area contributed by atoms with Crippen LogP contribution in [0.3, 0.4) is 0 Å². The molecule has 0 aromatic heterocycles. The number of aromatic hydroxyl groups is 2. The van der Waals surface area contributed by atoms with Crippen molar-refractivity contribution in [1.82, 2.24) is 0 Å². The number of phenolic OH excluding ortho intramolecular Hbond substituents is 2. The summed E-state index contributed by atoms with van der Waals surface area (Å²) >= 11 is 0. The molecule has 0 unspecified atom stereocenters. The average Bonchev–Trinajstić information content (AvgIpc) is 2.12. The van der Waals surface area contributed by atoms with E-state index < -0.39 is 34.8 Å². The molecule has 0 spiro atoms. The van der Waals surface area contributed by atoms with E-state index in [0.717, 1.165) is 24.3 Å². The highest BCUT2D eigenvalue weighted by molar-refractivity contribution is 5.22. The van der Waals surface area contributed by atoms with Crippen LogP contribution in [0.1, 0.15) is 0 Å². The van der Waals surface area contributed by atoms with Crippen molar-refractivity contribution in [2.75, 3.05) is 0 Å². The predicted molar refractivity (Wildman–Crippen MR) is 56.0 cm³/mol. The Morgan fingerprint density at radius 1 is 0.500 bits per heavy atom. The maximum absolute atomic E-state index is 12.0. The van der Waals surface area contributed by atoms with Gasteiger partial charge in [0.1, 0.15) is 34.8 Å². The van der Waals surface area contributed by atoms with E-state index in [1.54, 1.807) is 0 Å². The van der Waals surface area contributed by atoms with Crippen LogP contribution in [0.2, 0.25) is 0 Å². The molecule has 0 radical (unpaired) electrons. The Labute approximate surface area is 99.7 Å². The van der Waals surface area contributed by atoms with E-state index in [1.165, 1.54) is 0 Å². The molecular weight excluding hydrogens is 252 g/mol. The summed E-state index contributed by atoms with van der Waals surface area (Å²) < 4.78 is 48.1. The molecule has 0 bridgehead atoms. The molecule has 0 aliphatic heterocycles. The van der Waals surface area contributed by atoms with E-state index in [9.17, 15) is 17.6 Å². The number of hydrogen-bond acceptors (Lipinski definition) is 2. The second kappa shape index (κ2) is 5.90. The van der Waals surface area contributed by atoms with Gasteiger partial charge in [-0.05, 0) is 0 Å². The number of hydrogen-bond donors (Lipinski definition) is 2. The lowest BCUT2D eigenvalue weighted by atomic mass is 10.3. The third-order valence-corrected chi connectivity index (χ3v) is 1.69. The van der Waals surface area contributed by atoms with Gasteiger partial charge in [-0.1, -0.05) is 0 Å². The van der Waals surface area contributed by atoms with Crippen molar-refractivity contribution in [2.45, 2.75) is 0 Å². The lowest BCUT2D eigenvalue weighted by Gasteiger charge is -1.90. The summed E-state index contributed by atoms with van der Waals surface area (Å²) in [5, 5.41) is 17.0. The van der Waals surface area contributed by atoms with Gasteiger partial charge in [-0.25, -0.2) is 17.6 Å². The predicted octanol–water partition coefficient (Wildman–Crippen LogP) is 3.34. The summed E-state index contributed by atoms with van der Waals surface area (Å²) in [5.74, 6) is -3.87. The van der Waals surface area contributed by atoms with E-state index in [-0.39, 0.29) is 0 Å². The third-order valence-electron chi connectivity index (χ3n) is 1.69. The monoisotopic (exact) mass is 260 g/mol. The van der Waals surface area contributed by atoms with Gasteiger partial charge in [0.05, 0.1) is 0 Å². The van der Waals surface area contributed by atoms with Gasteiger partial charge < -0.3 is 10.2 Å². The minimum atomic E-state index is -0.771. The summed E-state index contributed by atoms with van der Waals surface area (Å²) in [6.07, 6.45) is 0. The van der Waals surface area contributed by atoms with Crippen LogP contribution < -0.4 is 0 Å². The van der Waals surface area contributed by atoms with Gasteiger partial charge in [-0.15, -0.1) is 0 Å². The van der Waals surface area contributed by atoms with Gasteiger partial charge in [0.25, 0.3) is 0 Å². The SMILES string of the molecule is Oc1cc(F)cc(F)c1.Oc1cc(F)cc(F)c1. The van der Waals surface area contributed by atoms with Crippen molar-refractivity contribution >= 4 is 0 Å². The van der Waals surface area contributed by atoms with Gasteiger partial charge in [-0.3, -0.25) is 0 Å². The summed E-state index contributed by atoms with van der Waals surface area (Å²) in [6, 6.07) is 4.73. The molecule has 2 rings (SSSR count). The quantitative estimate of drug-likeness (QED) is 0.713. The third kappa shape index (κ3) is 4.73. The van der Waals surface area contributed by atoms with E-state index >= 15 is 0 Å². The molecular formula is C12H8F4O2. The smallest absolute Gasteiger partial charge is 0.129 e. The Hall–Kier alpha value is -2.24. The molecule has 2 aromatic carbocycles. The van der Waals surface area contributed by atoms with Crippen LogP contribution in [0.15, 0.2) is 36.4 Å². The molecule has 0 amide bonds. The number of phenols is 2. The van der Waals surface area contributed by atoms with Gasteiger partial charge in [0, 0.05) is 36.4 Å². The molecule has 2 aromatic rings. The van der Waals surface area contributed by atoms with E-state index in [4.69, 9.17) is 10.2 Å². The van der Waals surface area contributed by atoms with Crippen molar-refractivity contribution in [1.29, 1.82) is 0 Å². The number of halogens is 4. The van der Waals surface area contributed by atoms with Gasteiger partial charge >= 0.3 is 0 Å². The zero-order valence-corrected chi connectivity index (χ0v) is 8.87. The highest BCUT2D eigenvalue weighted by Gasteiger charge is 1.96. The fraction of sp³-hybridized carbons (Fsp3) is 0. The average molecular weight is 260 g/mol. The number of rotatable bonds is 0. The zero-order valence-electron chi connectivity index (χ0n) is 8.87. The molecule has 0 aliphatic rings. The maximum Gasteiger partial charge on any atom is 0.129 e. The first-order chi connectivity index (χ1) is 8.36. The van der Waals surface area contributed by atoms with E-state index in [1.807, 2.05) is 0 Å². The fourth-order valence-corrected chi connectivity index (χ4v) is 1.08. The largest absolute Gasteiger partial charge is 0.508 e. The minimum absolute atomic E-state index is 0.396. The summed E-state index contributed by atoms with van der Waals surface area (Å²) in [7, 11) is 0. The van der Waals surface area contributed by atoms with E-state index in [0.29, 0.717) is 12.1 Å². The lowest BCUT2D eigenvalue weighted by molar-refractivity contribution is 0.459. The molecule has 18 heavy (non-hydrogen) atoms. The van der Waals surface area contributed by atoms with Gasteiger partial charge in [-0.2, -0.15) is 0 Å². The van der Waals surface area contributed by atoms with Crippen molar-refractivity contribution in [3.05, 3.63) is 59.7 Å². The Bertz CT molecular complexity index is 393. The first-order valence-electron chi connectivity index (χ1n) is 4.67. The Morgan fingerprint density at radius 2 is 0.722 bits per heavy atom. The van der Waals surface area contributed by atoms with Crippen molar-refractivity contribution in [3.8, 4) is 11.5 Å². The summed E-state index contributed by atoms with van der Waals surface area (Å²) in [5.41, 5.74) is 0. The molecule has 0 aliphatic carbocycles. The van der Waals surface area contributed by atoms with E-state index in [2.05, 4.69) is 0 Å².